The van der Waals surface area contributed by atoms with Gasteiger partial charge in [-0.15, -0.1) is 0 Å². The molecule has 0 aliphatic carbocycles. The highest BCUT2D eigenvalue weighted by Gasteiger charge is 2.21. The molecule has 1 amide bonds. The Hall–Kier alpha value is -2.27. The Balaban J connectivity index is 1.54. The number of thiocarbonyl (C=S) groups is 1. The van der Waals surface area contributed by atoms with Gasteiger partial charge in [-0.25, -0.2) is 0 Å². The van der Waals surface area contributed by atoms with Crippen molar-refractivity contribution in [2.75, 3.05) is 31.1 Å². The summed E-state index contributed by atoms with van der Waals surface area (Å²) in [6, 6.07) is 13.9. The maximum atomic E-state index is 12.3. The number of piperazine rings is 1. The normalized spacial score (nSPS) is 14.0. The van der Waals surface area contributed by atoms with E-state index in [0.717, 1.165) is 22.3 Å². The summed E-state index contributed by atoms with van der Waals surface area (Å²) < 4.78 is 0.989. The van der Waals surface area contributed by atoms with E-state index in [9.17, 15) is 14.9 Å². The fraction of sp³-hybridized carbons (Fsp3) is 0.222. The first-order chi connectivity index (χ1) is 12.9. The summed E-state index contributed by atoms with van der Waals surface area (Å²) >= 11 is 7.55. The van der Waals surface area contributed by atoms with Gasteiger partial charge in [-0.05, 0) is 65.1 Å². The quantitative estimate of drug-likeness (QED) is 0.305. The van der Waals surface area contributed by atoms with E-state index in [-0.39, 0.29) is 11.6 Å². The van der Waals surface area contributed by atoms with E-state index in [1.54, 1.807) is 18.2 Å². The van der Waals surface area contributed by atoms with E-state index in [4.69, 9.17) is 12.2 Å². The molecule has 0 radical (unpaired) electrons. The molecule has 2 aromatic carbocycles. The van der Waals surface area contributed by atoms with Gasteiger partial charge in [0, 0.05) is 53.1 Å². The molecule has 1 aliphatic heterocycles. The molecule has 0 atom stereocenters. The Morgan fingerprint density at radius 3 is 2.37 bits per heavy atom. The third-order valence-electron chi connectivity index (χ3n) is 4.30. The molecule has 7 nitrogen and oxygen atoms in total. The number of non-ortho nitro benzene ring substituents is 1. The van der Waals surface area contributed by atoms with Crippen LogP contribution < -0.4 is 10.2 Å². The second-order valence-electron chi connectivity index (χ2n) is 6.02. The minimum absolute atomic E-state index is 0.0804. The van der Waals surface area contributed by atoms with Crippen LogP contribution in [0.1, 0.15) is 10.4 Å². The number of nitrogens with zero attached hydrogens (tertiary/aromatic N) is 3. The summed E-state index contributed by atoms with van der Waals surface area (Å²) in [4.78, 5) is 26.8. The molecule has 27 heavy (non-hydrogen) atoms. The van der Waals surface area contributed by atoms with Crippen molar-refractivity contribution in [2.45, 2.75) is 0 Å². The molecule has 1 aliphatic rings. The first-order valence-electron chi connectivity index (χ1n) is 8.29. The molecule has 0 bridgehead atoms. The number of rotatable bonds is 3. The SMILES string of the molecule is O=C(NC(=S)N1CCN(c2ccc([N+](=O)[O-])cc2)CC1)c1cccc(I)c1. The maximum absolute atomic E-state index is 12.3. The Morgan fingerprint density at radius 1 is 1.11 bits per heavy atom. The molecule has 0 saturated carbocycles. The number of hydrogen-bond acceptors (Lipinski definition) is 5. The highest BCUT2D eigenvalue weighted by Crippen LogP contribution is 2.20. The van der Waals surface area contributed by atoms with Crippen LogP contribution in [0.2, 0.25) is 0 Å². The van der Waals surface area contributed by atoms with Crippen LogP contribution in [0.15, 0.2) is 48.5 Å². The smallest absolute Gasteiger partial charge is 0.269 e. The third-order valence-corrected chi connectivity index (χ3v) is 5.33. The number of halogens is 1. The van der Waals surface area contributed by atoms with Crippen LogP contribution in [0.5, 0.6) is 0 Å². The summed E-state index contributed by atoms with van der Waals surface area (Å²) in [7, 11) is 0. The summed E-state index contributed by atoms with van der Waals surface area (Å²) in [5, 5.41) is 14.0. The van der Waals surface area contributed by atoms with Gasteiger partial charge in [0.05, 0.1) is 4.92 Å². The van der Waals surface area contributed by atoms with Gasteiger partial charge >= 0.3 is 0 Å². The van der Waals surface area contributed by atoms with Gasteiger partial charge in [-0.2, -0.15) is 0 Å². The Kier molecular flexibility index (Phi) is 6.22. The predicted molar refractivity (Wildman–Crippen MR) is 116 cm³/mol. The fourth-order valence-corrected chi connectivity index (χ4v) is 3.65. The van der Waals surface area contributed by atoms with Gasteiger partial charge in [0.1, 0.15) is 0 Å². The van der Waals surface area contributed by atoms with Crippen molar-refractivity contribution in [3.8, 4) is 0 Å². The number of carbonyl (C=O) groups is 1. The fourth-order valence-electron chi connectivity index (χ4n) is 2.83. The summed E-state index contributed by atoms with van der Waals surface area (Å²) in [6.45, 7) is 2.78. The first kappa shape index (κ1) is 19.5. The van der Waals surface area contributed by atoms with Crippen LogP contribution >= 0.6 is 34.8 Å². The molecule has 0 aromatic heterocycles. The molecule has 1 N–H and O–H groups in total. The zero-order valence-corrected chi connectivity index (χ0v) is 17.3. The molecule has 140 valence electrons. The van der Waals surface area contributed by atoms with Gasteiger partial charge in [0.2, 0.25) is 0 Å². The first-order valence-corrected chi connectivity index (χ1v) is 9.78. The number of nitrogens with one attached hydrogen (secondary N) is 1. The molecule has 1 fully saturated rings. The van der Waals surface area contributed by atoms with Crippen LogP contribution in [0, 0.1) is 13.7 Å². The van der Waals surface area contributed by atoms with E-state index in [1.807, 2.05) is 23.1 Å². The molecule has 1 heterocycles. The molecule has 0 unspecified atom stereocenters. The standard InChI is InChI=1S/C18H17IN4O3S/c19-14-3-1-2-13(12-14)17(24)20-18(27)22-10-8-21(9-11-22)15-4-6-16(7-5-15)23(25)26/h1-7,12H,8-11H2,(H,20,24,27). The Labute approximate surface area is 175 Å². The van der Waals surface area contributed by atoms with Crippen molar-refractivity contribution >= 4 is 57.2 Å². The molecule has 3 rings (SSSR count). The van der Waals surface area contributed by atoms with Crippen LogP contribution in [0.4, 0.5) is 11.4 Å². The number of hydrogen-bond donors (Lipinski definition) is 1. The van der Waals surface area contributed by atoms with Gasteiger partial charge in [0.15, 0.2) is 5.11 Å². The largest absolute Gasteiger partial charge is 0.368 e. The van der Waals surface area contributed by atoms with Crippen LogP contribution in [-0.4, -0.2) is 47.0 Å². The molecule has 9 heteroatoms. The van der Waals surface area contributed by atoms with E-state index in [2.05, 4.69) is 32.8 Å². The minimum atomic E-state index is -0.406. The lowest BCUT2D eigenvalue weighted by Crippen LogP contribution is -2.52. The second-order valence-corrected chi connectivity index (χ2v) is 7.65. The topological polar surface area (TPSA) is 78.7 Å². The van der Waals surface area contributed by atoms with E-state index >= 15 is 0 Å². The van der Waals surface area contributed by atoms with Gasteiger partial charge in [-0.3, -0.25) is 20.2 Å². The summed E-state index contributed by atoms with van der Waals surface area (Å²) in [5.74, 6) is -0.212. The van der Waals surface area contributed by atoms with Crippen molar-refractivity contribution in [3.63, 3.8) is 0 Å². The Bertz CT molecular complexity index is 867. The lowest BCUT2D eigenvalue weighted by atomic mass is 10.2. The van der Waals surface area contributed by atoms with E-state index < -0.39 is 4.92 Å². The molecular formula is C18H17IN4O3S. The zero-order valence-electron chi connectivity index (χ0n) is 14.3. The summed E-state index contributed by atoms with van der Waals surface area (Å²) in [5.41, 5.74) is 1.60. The highest BCUT2D eigenvalue weighted by atomic mass is 127. The second kappa shape index (κ2) is 8.61. The van der Waals surface area contributed by atoms with Gasteiger partial charge in [0.25, 0.3) is 11.6 Å². The highest BCUT2D eigenvalue weighted by molar-refractivity contribution is 14.1. The van der Waals surface area contributed by atoms with Crippen molar-refractivity contribution in [1.82, 2.24) is 10.2 Å². The van der Waals surface area contributed by atoms with Crippen LogP contribution in [-0.2, 0) is 0 Å². The van der Waals surface area contributed by atoms with E-state index in [0.29, 0.717) is 23.8 Å². The van der Waals surface area contributed by atoms with Gasteiger partial charge < -0.3 is 9.80 Å². The lowest BCUT2D eigenvalue weighted by Gasteiger charge is -2.37. The minimum Gasteiger partial charge on any atom is -0.368 e. The van der Waals surface area contributed by atoms with Crippen LogP contribution in [0.3, 0.4) is 0 Å². The van der Waals surface area contributed by atoms with Crippen molar-refractivity contribution in [1.29, 1.82) is 0 Å². The van der Waals surface area contributed by atoms with Crippen molar-refractivity contribution in [3.05, 3.63) is 67.8 Å². The Morgan fingerprint density at radius 2 is 1.78 bits per heavy atom. The van der Waals surface area contributed by atoms with Crippen molar-refractivity contribution < 1.29 is 9.72 Å². The van der Waals surface area contributed by atoms with Crippen molar-refractivity contribution in [2.24, 2.45) is 0 Å². The molecule has 2 aromatic rings. The maximum Gasteiger partial charge on any atom is 0.269 e. The lowest BCUT2D eigenvalue weighted by molar-refractivity contribution is -0.384. The number of anilines is 1. The zero-order chi connectivity index (χ0) is 19.4. The van der Waals surface area contributed by atoms with Crippen LogP contribution in [0.25, 0.3) is 0 Å². The molecular weight excluding hydrogens is 479 g/mol. The summed E-state index contributed by atoms with van der Waals surface area (Å²) in [6.07, 6.45) is 0. The molecule has 1 saturated heterocycles. The average Bonchev–Trinajstić information content (AvgIpc) is 2.68. The third kappa shape index (κ3) is 4.92. The van der Waals surface area contributed by atoms with Gasteiger partial charge in [-0.1, -0.05) is 6.07 Å². The number of nitro groups is 1. The number of carbonyl (C=O) groups excluding carboxylic acids is 1. The number of amides is 1. The number of nitro benzene ring substituents is 1. The number of benzene rings is 2. The predicted octanol–water partition coefficient (Wildman–Crippen LogP) is 3.04. The molecule has 0 spiro atoms. The monoisotopic (exact) mass is 496 g/mol. The van der Waals surface area contributed by atoms with E-state index in [1.165, 1.54) is 12.1 Å². The average molecular weight is 496 g/mol.